The van der Waals surface area contributed by atoms with E-state index < -0.39 is 29.7 Å². The quantitative estimate of drug-likeness (QED) is 0.321. The number of alkyl halides is 3. The Bertz CT molecular complexity index is 1290. The maximum atomic E-state index is 13.4. The van der Waals surface area contributed by atoms with E-state index in [0.717, 1.165) is 22.9 Å². The predicted octanol–water partition coefficient (Wildman–Crippen LogP) is 5.53. The number of fused-ring (bicyclic) bond motifs is 2. The molecule has 0 unspecified atom stereocenters. The van der Waals surface area contributed by atoms with Crippen LogP contribution in [0.5, 0.6) is 0 Å². The molecule has 0 aliphatic carbocycles. The first-order valence-corrected chi connectivity index (χ1v) is 10.2. The van der Waals surface area contributed by atoms with Gasteiger partial charge in [0, 0.05) is 6.42 Å². The van der Waals surface area contributed by atoms with Crippen molar-refractivity contribution in [3.63, 3.8) is 0 Å². The van der Waals surface area contributed by atoms with Crippen LogP contribution >= 0.6 is 0 Å². The molecule has 0 saturated carbocycles. The first kappa shape index (κ1) is 22.3. The largest absolute Gasteiger partial charge is 0.467 e. The second-order valence-electron chi connectivity index (χ2n) is 7.65. The third-order valence-corrected chi connectivity index (χ3v) is 5.48. The van der Waals surface area contributed by atoms with Gasteiger partial charge in [-0.15, -0.1) is 0 Å². The van der Waals surface area contributed by atoms with Crippen molar-refractivity contribution in [1.29, 1.82) is 0 Å². The number of amides is 1. The van der Waals surface area contributed by atoms with Crippen LogP contribution in [0.4, 0.5) is 13.2 Å². The minimum Gasteiger partial charge on any atom is -0.467 e. The minimum atomic E-state index is -4.51. The topological polar surface area (TPSA) is 55.4 Å². The predicted molar refractivity (Wildman–Crippen MR) is 120 cm³/mol. The monoisotopic (exact) mass is 451 g/mol. The first-order chi connectivity index (χ1) is 15.8. The van der Waals surface area contributed by atoms with E-state index in [1.807, 2.05) is 54.6 Å². The Labute approximate surface area is 188 Å². The van der Waals surface area contributed by atoms with E-state index in [4.69, 9.17) is 4.74 Å². The minimum absolute atomic E-state index is 0.148. The normalized spacial score (nSPS) is 12.5. The molecule has 0 bridgehead atoms. The highest BCUT2D eigenvalue weighted by atomic mass is 19.4. The van der Waals surface area contributed by atoms with Gasteiger partial charge in [0.15, 0.2) is 0 Å². The lowest BCUT2D eigenvalue weighted by Crippen LogP contribution is -2.43. The van der Waals surface area contributed by atoms with Crippen molar-refractivity contribution >= 4 is 33.4 Å². The molecule has 0 heterocycles. The molecule has 0 saturated heterocycles. The van der Waals surface area contributed by atoms with Gasteiger partial charge in [0.25, 0.3) is 5.91 Å². The number of esters is 1. The molecule has 1 atom stereocenters. The lowest BCUT2D eigenvalue weighted by molar-refractivity contribution is -0.142. The van der Waals surface area contributed by atoms with E-state index in [0.29, 0.717) is 16.3 Å². The number of hydrogen-bond acceptors (Lipinski definition) is 3. The summed E-state index contributed by atoms with van der Waals surface area (Å²) in [5.41, 5.74) is -0.181. The molecule has 4 rings (SSSR count). The number of nitrogens with one attached hydrogen (secondary N) is 1. The molecule has 7 heteroatoms. The van der Waals surface area contributed by atoms with Crippen LogP contribution in [0.1, 0.15) is 21.5 Å². The van der Waals surface area contributed by atoms with Crippen LogP contribution in [0.3, 0.4) is 0 Å². The molecule has 4 aromatic carbocycles. The third kappa shape index (κ3) is 4.67. The zero-order valence-electron chi connectivity index (χ0n) is 17.6. The molecule has 0 aliphatic rings. The van der Waals surface area contributed by atoms with Crippen molar-refractivity contribution in [2.45, 2.75) is 18.6 Å². The van der Waals surface area contributed by atoms with E-state index in [9.17, 15) is 22.8 Å². The lowest BCUT2D eigenvalue weighted by Gasteiger charge is -2.19. The number of benzene rings is 4. The van der Waals surface area contributed by atoms with Gasteiger partial charge in [-0.05, 0) is 39.2 Å². The van der Waals surface area contributed by atoms with Crippen molar-refractivity contribution in [2.24, 2.45) is 0 Å². The first-order valence-electron chi connectivity index (χ1n) is 10.2. The molecule has 0 aromatic heterocycles. The number of rotatable bonds is 5. The fourth-order valence-electron chi connectivity index (χ4n) is 3.93. The Kier molecular flexibility index (Phi) is 6.05. The van der Waals surface area contributed by atoms with Crippen molar-refractivity contribution in [2.75, 3.05) is 7.11 Å². The van der Waals surface area contributed by atoms with Gasteiger partial charge in [0.2, 0.25) is 0 Å². The zero-order valence-corrected chi connectivity index (χ0v) is 17.6. The van der Waals surface area contributed by atoms with Crippen molar-refractivity contribution < 1.29 is 27.5 Å². The molecule has 0 fully saturated rings. The summed E-state index contributed by atoms with van der Waals surface area (Å²) in [6, 6.07) is 20.2. The fourth-order valence-corrected chi connectivity index (χ4v) is 3.93. The number of methoxy groups -OCH3 is 1. The highest BCUT2D eigenvalue weighted by Crippen LogP contribution is 2.30. The molecule has 1 amide bonds. The summed E-state index contributed by atoms with van der Waals surface area (Å²) in [5.74, 6) is -1.25. The van der Waals surface area contributed by atoms with Crippen molar-refractivity contribution in [3.8, 4) is 0 Å². The summed E-state index contributed by atoms with van der Waals surface area (Å²) in [6.07, 6.45) is -4.66. The van der Waals surface area contributed by atoms with E-state index in [1.165, 1.54) is 19.2 Å². The Balaban J connectivity index is 1.72. The van der Waals surface area contributed by atoms with E-state index in [2.05, 4.69) is 5.32 Å². The van der Waals surface area contributed by atoms with Gasteiger partial charge in [-0.1, -0.05) is 66.7 Å². The second-order valence-corrected chi connectivity index (χ2v) is 7.65. The molecule has 4 nitrogen and oxygen atoms in total. The fraction of sp³-hybridized carbons (Fsp3) is 0.154. The summed E-state index contributed by atoms with van der Waals surface area (Å²) >= 11 is 0. The van der Waals surface area contributed by atoms with Crippen LogP contribution < -0.4 is 5.32 Å². The van der Waals surface area contributed by atoms with E-state index in [-0.39, 0.29) is 12.0 Å². The van der Waals surface area contributed by atoms with Crippen LogP contribution in [-0.2, 0) is 22.1 Å². The Morgan fingerprint density at radius 1 is 0.879 bits per heavy atom. The molecule has 33 heavy (non-hydrogen) atoms. The standard InChI is InChI=1S/C26H20F3NO3/c1-33-25(32)22(14-16-7-6-10-19(13-16)26(27,28)29)30-24(31)23-20-11-4-2-8-17(20)15-18-9-3-5-12-21(18)23/h2-13,15,22H,14H2,1H3,(H,30,31)/t22-/m1/s1. The van der Waals surface area contributed by atoms with Crippen LogP contribution in [0.25, 0.3) is 21.5 Å². The molecular formula is C26H20F3NO3. The summed E-state index contributed by atoms with van der Waals surface area (Å²) in [4.78, 5) is 25.9. The van der Waals surface area contributed by atoms with Crippen molar-refractivity contribution in [3.05, 3.63) is 95.6 Å². The van der Waals surface area contributed by atoms with Gasteiger partial charge >= 0.3 is 12.1 Å². The maximum Gasteiger partial charge on any atom is 0.416 e. The molecular weight excluding hydrogens is 431 g/mol. The van der Waals surface area contributed by atoms with Gasteiger partial charge in [-0.2, -0.15) is 13.2 Å². The molecule has 1 N–H and O–H groups in total. The number of ether oxygens (including phenoxy) is 1. The average Bonchev–Trinajstić information content (AvgIpc) is 2.81. The summed E-state index contributed by atoms with van der Waals surface area (Å²) in [5, 5.41) is 5.80. The Morgan fingerprint density at radius 3 is 2.06 bits per heavy atom. The van der Waals surface area contributed by atoms with E-state index in [1.54, 1.807) is 0 Å². The third-order valence-electron chi connectivity index (χ3n) is 5.48. The van der Waals surface area contributed by atoms with Gasteiger partial charge in [0.1, 0.15) is 6.04 Å². The Morgan fingerprint density at radius 2 is 1.48 bits per heavy atom. The van der Waals surface area contributed by atoms with Gasteiger partial charge in [-0.3, -0.25) is 4.79 Å². The molecule has 0 radical (unpaired) electrons. The van der Waals surface area contributed by atoms with Crippen molar-refractivity contribution in [1.82, 2.24) is 5.32 Å². The zero-order chi connectivity index (χ0) is 23.6. The average molecular weight is 451 g/mol. The highest BCUT2D eigenvalue weighted by Gasteiger charge is 2.31. The lowest BCUT2D eigenvalue weighted by atomic mass is 9.95. The molecule has 168 valence electrons. The SMILES string of the molecule is COC(=O)[C@@H](Cc1cccc(C(F)(F)F)c1)NC(=O)c1c2ccccc2cc2ccccc12. The van der Waals surface area contributed by atoms with Crippen LogP contribution in [-0.4, -0.2) is 25.0 Å². The summed E-state index contributed by atoms with van der Waals surface area (Å²) < 4.78 is 44.1. The summed E-state index contributed by atoms with van der Waals surface area (Å²) in [6.45, 7) is 0. The van der Waals surface area contributed by atoms with Crippen LogP contribution in [0.2, 0.25) is 0 Å². The number of carbonyl (C=O) groups excluding carboxylic acids is 2. The maximum absolute atomic E-state index is 13.4. The van der Waals surface area contributed by atoms with E-state index >= 15 is 0 Å². The van der Waals surface area contributed by atoms with Gasteiger partial charge in [-0.25, -0.2) is 4.79 Å². The summed E-state index contributed by atoms with van der Waals surface area (Å²) in [7, 11) is 1.17. The number of carbonyl (C=O) groups is 2. The molecule has 0 aliphatic heterocycles. The van der Waals surface area contributed by atoms with Gasteiger partial charge in [0.05, 0.1) is 18.2 Å². The molecule has 0 spiro atoms. The van der Waals surface area contributed by atoms with Crippen LogP contribution in [0, 0.1) is 0 Å². The molecule has 4 aromatic rings. The smallest absolute Gasteiger partial charge is 0.416 e. The highest BCUT2D eigenvalue weighted by molar-refractivity contribution is 6.18. The van der Waals surface area contributed by atoms with Crippen LogP contribution in [0.15, 0.2) is 78.9 Å². The second kappa shape index (κ2) is 8.94. The number of hydrogen-bond donors (Lipinski definition) is 1. The Hall–Kier alpha value is -3.87. The number of halogens is 3. The van der Waals surface area contributed by atoms with Gasteiger partial charge < -0.3 is 10.1 Å².